The lowest BCUT2D eigenvalue weighted by Gasteiger charge is -2.26. The standard InChI is InChI=1S/C30H37ClFN3O2/c31-25-12-7-13-26(32)29(25)30(37)35-19-23-17-34(18-24(23)20-35)15-14-27(22-10-5-2-6-11-22)33-28(36)16-21-8-3-1-4-9-21/h2,5-7,10-13,21,23-24,27H,1,3-4,8-9,14-20H2,(H,33,36). The number of nitrogens with one attached hydrogen (secondary N) is 1. The number of rotatable bonds is 8. The molecular formula is C30H37ClFN3O2. The molecule has 0 radical (unpaired) electrons. The summed E-state index contributed by atoms with van der Waals surface area (Å²) in [4.78, 5) is 30.1. The second kappa shape index (κ2) is 12.0. The first-order chi connectivity index (χ1) is 18.0. The maximum atomic E-state index is 14.3. The minimum Gasteiger partial charge on any atom is -0.349 e. The lowest BCUT2D eigenvalue weighted by molar-refractivity contribution is -0.123. The molecule has 0 aromatic heterocycles. The van der Waals surface area contributed by atoms with Crippen LogP contribution < -0.4 is 5.32 Å². The predicted molar refractivity (Wildman–Crippen MR) is 144 cm³/mol. The van der Waals surface area contributed by atoms with Crippen LogP contribution in [-0.2, 0) is 4.79 Å². The second-order valence-corrected chi connectivity index (χ2v) is 11.5. The van der Waals surface area contributed by atoms with Gasteiger partial charge in [-0.05, 0) is 54.7 Å². The molecule has 37 heavy (non-hydrogen) atoms. The van der Waals surface area contributed by atoms with Gasteiger partial charge in [0, 0.05) is 39.1 Å². The van der Waals surface area contributed by atoms with Crippen molar-refractivity contribution in [3.63, 3.8) is 0 Å². The van der Waals surface area contributed by atoms with Gasteiger partial charge in [-0.2, -0.15) is 0 Å². The van der Waals surface area contributed by atoms with E-state index < -0.39 is 5.82 Å². The van der Waals surface area contributed by atoms with Crippen molar-refractivity contribution < 1.29 is 14.0 Å². The number of nitrogens with zero attached hydrogens (tertiary/aromatic N) is 2. The van der Waals surface area contributed by atoms with E-state index in [-0.39, 0.29) is 28.4 Å². The molecule has 3 unspecified atom stereocenters. The zero-order chi connectivity index (χ0) is 25.8. The first-order valence-corrected chi connectivity index (χ1v) is 14.2. The van der Waals surface area contributed by atoms with Gasteiger partial charge in [-0.1, -0.05) is 67.3 Å². The fourth-order valence-corrected chi connectivity index (χ4v) is 6.77. The van der Waals surface area contributed by atoms with Crippen LogP contribution >= 0.6 is 11.6 Å². The fraction of sp³-hybridized carbons (Fsp3) is 0.533. The Bertz CT molecular complexity index is 1060. The van der Waals surface area contributed by atoms with E-state index >= 15 is 0 Å². The molecule has 2 heterocycles. The highest BCUT2D eigenvalue weighted by molar-refractivity contribution is 6.33. The fourth-order valence-electron chi connectivity index (χ4n) is 6.52. The first-order valence-electron chi connectivity index (χ1n) is 13.8. The molecule has 3 aliphatic rings. The van der Waals surface area contributed by atoms with Gasteiger partial charge in [0.2, 0.25) is 5.91 Å². The molecule has 1 saturated carbocycles. The zero-order valence-electron chi connectivity index (χ0n) is 21.4. The number of amides is 2. The Kier molecular flexibility index (Phi) is 8.46. The Morgan fingerprint density at radius 2 is 1.65 bits per heavy atom. The van der Waals surface area contributed by atoms with E-state index in [9.17, 15) is 14.0 Å². The van der Waals surface area contributed by atoms with Crippen LogP contribution in [0.25, 0.3) is 0 Å². The van der Waals surface area contributed by atoms with Crippen molar-refractivity contribution in [3.05, 3.63) is 70.5 Å². The van der Waals surface area contributed by atoms with Gasteiger partial charge in [0.05, 0.1) is 16.6 Å². The van der Waals surface area contributed by atoms with Crippen LogP contribution in [0, 0.1) is 23.6 Å². The maximum absolute atomic E-state index is 14.3. The van der Waals surface area contributed by atoms with Gasteiger partial charge < -0.3 is 15.1 Å². The van der Waals surface area contributed by atoms with Crippen molar-refractivity contribution in [2.24, 2.45) is 17.8 Å². The van der Waals surface area contributed by atoms with Crippen molar-refractivity contribution in [2.45, 2.75) is 51.0 Å². The van der Waals surface area contributed by atoms with Crippen molar-refractivity contribution in [3.8, 4) is 0 Å². The van der Waals surface area contributed by atoms with Gasteiger partial charge in [0.1, 0.15) is 5.82 Å². The second-order valence-electron chi connectivity index (χ2n) is 11.1. The minimum atomic E-state index is -0.561. The third-order valence-electron chi connectivity index (χ3n) is 8.50. The highest BCUT2D eigenvalue weighted by Gasteiger charge is 2.42. The van der Waals surface area contributed by atoms with E-state index in [0.29, 0.717) is 37.3 Å². The summed E-state index contributed by atoms with van der Waals surface area (Å²) in [6.07, 6.45) is 7.61. The highest BCUT2D eigenvalue weighted by Crippen LogP contribution is 2.34. The van der Waals surface area contributed by atoms with Crippen molar-refractivity contribution in [2.75, 3.05) is 32.7 Å². The Hall–Kier alpha value is -2.44. The van der Waals surface area contributed by atoms with E-state index in [1.165, 1.54) is 44.2 Å². The summed E-state index contributed by atoms with van der Waals surface area (Å²) in [6, 6.07) is 14.6. The van der Waals surface area contributed by atoms with E-state index in [1.54, 1.807) is 11.0 Å². The van der Waals surface area contributed by atoms with Gasteiger partial charge in [-0.15, -0.1) is 0 Å². The van der Waals surface area contributed by atoms with Crippen LogP contribution in [0.5, 0.6) is 0 Å². The third kappa shape index (κ3) is 6.35. The molecule has 2 amide bonds. The number of hydrogen-bond donors (Lipinski definition) is 1. The summed E-state index contributed by atoms with van der Waals surface area (Å²) in [7, 11) is 0. The topological polar surface area (TPSA) is 52.7 Å². The molecule has 5 nitrogen and oxygen atoms in total. The number of hydrogen-bond acceptors (Lipinski definition) is 3. The molecule has 1 N–H and O–H groups in total. The average molecular weight is 526 g/mol. The van der Waals surface area contributed by atoms with E-state index in [1.807, 2.05) is 18.2 Å². The lowest BCUT2D eigenvalue weighted by Crippen LogP contribution is -2.36. The molecule has 5 rings (SSSR count). The SMILES string of the molecule is O=C(CC1CCCCC1)NC(CCN1CC2CN(C(=O)c3c(F)cccc3Cl)CC2C1)c1ccccc1. The van der Waals surface area contributed by atoms with Gasteiger partial charge in [0.25, 0.3) is 5.91 Å². The minimum absolute atomic E-state index is 0.000921. The molecule has 2 aromatic carbocycles. The molecular weight excluding hydrogens is 489 g/mol. The summed E-state index contributed by atoms with van der Waals surface area (Å²) < 4.78 is 14.3. The summed E-state index contributed by atoms with van der Waals surface area (Å²) in [5.41, 5.74) is 1.13. The summed E-state index contributed by atoms with van der Waals surface area (Å²) in [6.45, 7) is 3.98. The van der Waals surface area contributed by atoms with E-state index in [0.717, 1.165) is 31.6 Å². The Balaban J connectivity index is 1.15. The Labute approximate surface area is 224 Å². The zero-order valence-corrected chi connectivity index (χ0v) is 22.1. The van der Waals surface area contributed by atoms with E-state index in [2.05, 4.69) is 22.3 Å². The number of likely N-dealkylation sites (tertiary alicyclic amines) is 2. The van der Waals surface area contributed by atoms with Crippen LogP contribution in [0.15, 0.2) is 48.5 Å². The van der Waals surface area contributed by atoms with Gasteiger partial charge in [0.15, 0.2) is 0 Å². The quantitative estimate of drug-likeness (QED) is 0.481. The monoisotopic (exact) mass is 525 g/mol. The van der Waals surface area contributed by atoms with Crippen LogP contribution in [0.2, 0.25) is 5.02 Å². The van der Waals surface area contributed by atoms with Crippen LogP contribution in [-0.4, -0.2) is 54.3 Å². The number of benzene rings is 2. The molecule has 1 aliphatic carbocycles. The molecule has 198 valence electrons. The van der Waals surface area contributed by atoms with Crippen LogP contribution in [0.4, 0.5) is 4.39 Å². The molecule has 7 heteroatoms. The number of carbonyl (C=O) groups excluding carboxylic acids is 2. The van der Waals surface area contributed by atoms with Gasteiger partial charge in [-0.25, -0.2) is 4.39 Å². The van der Waals surface area contributed by atoms with Crippen LogP contribution in [0.1, 0.15) is 66.9 Å². The van der Waals surface area contributed by atoms with Crippen molar-refractivity contribution >= 4 is 23.4 Å². The molecule has 2 aromatic rings. The lowest BCUT2D eigenvalue weighted by atomic mass is 9.86. The highest BCUT2D eigenvalue weighted by atomic mass is 35.5. The van der Waals surface area contributed by atoms with E-state index in [4.69, 9.17) is 11.6 Å². The molecule has 3 atom stereocenters. The smallest absolute Gasteiger partial charge is 0.258 e. The average Bonchev–Trinajstić information content (AvgIpc) is 3.47. The maximum Gasteiger partial charge on any atom is 0.258 e. The Morgan fingerprint density at radius 3 is 2.32 bits per heavy atom. The summed E-state index contributed by atoms with van der Waals surface area (Å²) in [5, 5.41) is 3.51. The predicted octanol–water partition coefficient (Wildman–Crippen LogP) is 5.70. The number of halogens is 2. The molecule has 2 aliphatic heterocycles. The summed E-state index contributed by atoms with van der Waals surface area (Å²) in [5.74, 6) is 0.576. The van der Waals surface area contributed by atoms with Crippen LogP contribution in [0.3, 0.4) is 0 Å². The Morgan fingerprint density at radius 1 is 0.946 bits per heavy atom. The van der Waals surface area contributed by atoms with Gasteiger partial charge >= 0.3 is 0 Å². The number of fused-ring (bicyclic) bond motifs is 1. The number of carbonyl (C=O) groups is 2. The molecule has 0 bridgehead atoms. The molecule has 2 saturated heterocycles. The largest absolute Gasteiger partial charge is 0.349 e. The summed E-state index contributed by atoms with van der Waals surface area (Å²) >= 11 is 6.13. The normalized spacial score (nSPS) is 23.1. The third-order valence-corrected chi connectivity index (χ3v) is 8.81. The molecule has 0 spiro atoms. The molecule has 3 fully saturated rings. The first kappa shape index (κ1) is 26.2. The van der Waals surface area contributed by atoms with Crippen molar-refractivity contribution in [1.82, 2.24) is 15.1 Å². The van der Waals surface area contributed by atoms with Gasteiger partial charge in [-0.3, -0.25) is 9.59 Å². The van der Waals surface area contributed by atoms with Crippen molar-refractivity contribution in [1.29, 1.82) is 0 Å².